The van der Waals surface area contributed by atoms with Gasteiger partial charge in [-0.2, -0.15) is 0 Å². The van der Waals surface area contributed by atoms with Crippen LogP contribution in [0.25, 0.3) is 0 Å². The van der Waals surface area contributed by atoms with E-state index in [1.807, 2.05) is 0 Å². The van der Waals surface area contributed by atoms with Crippen LogP contribution in [-0.4, -0.2) is 27.9 Å². The maximum Gasteiger partial charge on any atom is 0.438 e. The van der Waals surface area contributed by atoms with Gasteiger partial charge in [0.05, 0.1) is 5.41 Å². The van der Waals surface area contributed by atoms with Gasteiger partial charge < -0.3 is 10.4 Å². The van der Waals surface area contributed by atoms with E-state index in [1.165, 1.54) is 6.42 Å². The Kier molecular flexibility index (Phi) is 2.65. The fourth-order valence-corrected chi connectivity index (χ4v) is 3.75. The van der Waals surface area contributed by atoms with E-state index in [-0.39, 0.29) is 12.0 Å². The topological polar surface area (TPSA) is 108 Å². The van der Waals surface area contributed by atoms with Crippen LogP contribution in [0, 0.1) is 5.41 Å². The summed E-state index contributed by atoms with van der Waals surface area (Å²) in [5.74, 6) is -0.0873. The molecule has 0 bridgehead atoms. The summed E-state index contributed by atoms with van der Waals surface area (Å²) in [6.07, 6.45) is 5.45. The normalized spacial score (nSPS) is 28.2. The summed E-state index contributed by atoms with van der Waals surface area (Å²) < 4.78 is 4.60. The van der Waals surface area contributed by atoms with Gasteiger partial charge in [-0.15, -0.1) is 0 Å². The lowest BCUT2D eigenvalue weighted by Gasteiger charge is -2.27. The van der Waals surface area contributed by atoms with Crippen molar-refractivity contribution in [2.75, 3.05) is 6.54 Å². The van der Waals surface area contributed by atoms with E-state index >= 15 is 0 Å². The van der Waals surface area contributed by atoms with E-state index < -0.39 is 17.3 Å². The zero-order chi connectivity index (χ0) is 13.5. The van der Waals surface area contributed by atoms with Gasteiger partial charge in [0.2, 0.25) is 0 Å². The van der Waals surface area contributed by atoms with E-state index in [2.05, 4.69) is 20.0 Å². The van der Waals surface area contributed by atoms with Crippen LogP contribution in [0.2, 0.25) is 0 Å². The summed E-state index contributed by atoms with van der Waals surface area (Å²) >= 11 is 0. The first-order valence-electron chi connectivity index (χ1n) is 6.61. The molecule has 2 aliphatic carbocycles. The molecule has 19 heavy (non-hydrogen) atoms. The van der Waals surface area contributed by atoms with Gasteiger partial charge in [0.25, 0.3) is 0 Å². The summed E-state index contributed by atoms with van der Waals surface area (Å²) in [6, 6.07) is 0. The van der Waals surface area contributed by atoms with Crippen LogP contribution in [0.15, 0.2) is 9.32 Å². The molecule has 104 valence electrons. The average Bonchev–Trinajstić information content (AvgIpc) is 2.77. The van der Waals surface area contributed by atoms with Crippen LogP contribution < -0.4 is 11.1 Å². The number of nitrogens with zero attached hydrogens (tertiary/aromatic N) is 1. The molecule has 0 aliphatic heterocycles. The highest BCUT2D eigenvalue weighted by Crippen LogP contribution is 2.69. The largest absolute Gasteiger partial charge is 0.465 e. The number of carbonyl (C=O) groups is 1. The molecular formula is C12H17N3O4. The third kappa shape index (κ3) is 1.84. The SMILES string of the molecule is O=C(O)NCC1(c2noc(=O)[nH]2)CC12CCCCC2. The highest BCUT2D eigenvalue weighted by Gasteiger charge is 2.69. The number of aromatic amines is 1. The van der Waals surface area contributed by atoms with Crippen molar-refractivity contribution in [1.29, 1.82) is 0 Å². The summed E-state index contributed by atoms with van der Waals surface area (Å²) in [4.78, 5) is 24.5. The first kappa shape index (κ1) is 12.3. The van der Waals surface area contributed by atoms with Crippen molar-refractivity contribution in [2.45, 2.75) is 43.9 Å². The molecule has 1 unspecified atom stereocenters. The second kappa shape index (κ2) is 4.11. The molecule has 3 rings (SSSR count). The predicted molar refractivity (Wildman–Crippen MR) is 65.0 cm³/mol. The van der Waals surface area contributed by atoms with Crippen LogP contribution in [0.3, 0.4) is 0 Å². The third-order valence-electron chi connectivity index (χ3n) is 4.78. The third-order valence-corrected chi connectivity index (χ3v) is 4.78. The predicted octanol–water partition coefficient (Wildman–Crippen LogP) is 1.22. The molecule has 0 radical (unpaired) electrons. The molecule has 7 nitrogen and oxygen atoms in total. The average molecular weight is 267 g/mol. The van der Waals surface area contributed by atoms with E-state index in [9.17, 15) is 9.59 Å². The second-order valence-electron chi connectivity index (χ2n) is 5.70. The molecule has 0 saturated heterocycles. The quantitative estimate of drug-likeness (QED) is 0.763. The zero-order valence-corrected chi connectivity index (χ0v) is 10.6. The molecule has 1 aromatic heterocycles. The molecular weight excluding hydrogens is 250 g/mol. The Morgan fingerprint density at radius 2 is 2.16 bits per heavy atom. The molecule has 1 amide bonds. The molecule has 7 heteroatoms. The molecule has 0 aromatic carbocycles. The maximum absolute atomic E-state index is 11.2. The van der Waals surface area contributed by atoms with Gasteiger partial charge in [-0.25, -0.2) is 9.59 Å². The fourth-order valence-electron chi connectivity index (χ4n) is 3.75. The van der Waals surface area contributed by atoms with Gasteiger partial charge in [-0.05, 0) is 24.7 Å². The van der Waals surface area contributed by atoms with Crippen molar-refractivity contribution < 1.29 is 14.4 Å². The number of nitrogens with one attached hydrogen (secondary N) is 2. The van der Waals surface area contributed by atoms with Crippen molar-refractivity contribution in [3.8, 4) is 0 Å². The van der Waals surface area contributed by atoms with Gasteiger partial charge in [0.1, 0.15) is 0 Å². The van der Waals surface area contributed by atoms with Gasteiger partial charge in [0, 0.05) is 6.54 Å². The highest BCUT2D eigenvalue weighted by atomic mass is 16.5. The van der Waals surface area contributed by atoms with Crippen molar-refractivity contribution in [3.63, 3.8) is 0 Å². The second-order valence-corrected chi connectivity index (χ2v) is 5.70. The smallest absolute Gasteiger partial charge is 0.438 e. The number of aromatic nitrogens is 2. The first-order chi connectivity index (χ1) is 9.08. The van der Waals surface area contributed by atoms with Crippen molar-refractivity contribution in [3.05, 3.63) is 16.4 Å². The minimum Gasteiger partial charge on any atom is -0.465 e. The Hall–Kier alpha value is -1.79. The van der Waals surface area contributed by atoms with Crippen molar-refractivity contribution in [2.24, 2.45) is 5.41 Å². The molecule has 1 aromatic rings. The van der Waals surface area contributed by atoms with Crippen molar-refractivity contribution in [1.82, 2.24) is 15.5 Å². The molecule has 1 heterocycles. The number of H-pyrrole nitrogens is 1. The molecule has 2 aliphatic rings. The summed E-state index contributed by atoms with van der Waals surface area (Å²) in [5.41, 5.74) is -0.314. The van der Waals surface area contributed by atoms with Crippen molar-refractivity contribution >= 4 is 6.09 Å². The van der Waals surface area contributed by atoms with Crippen LogP contribution in [0.4, 0.5) is 4.79 Å². The lowest BCUT2D eigenvalue weighted by Crippen LogP contribution is -2.36. The minimum atomic E-state index is -1.05. The van der Waals surface area contributed by atoms with Crippen LogP contribution in [0.1, 0.15) is 44.3 Å². The van der Waals surface area contributed by atoms with Gasteiger partial charge in [-0.3, -0.25) is 9.51 Å². The Balaban J connectivity index is 1.89. The lowest BCUT2D eigenvalue weighted by molar-refractivity contribution is 0.190. The van der Waals surface area contributed by atoms with Gasteiger partial charge in [0.15, 0.2) is 5.82 Å². The number of carboxylic acid groups (broad SMARTS) is 1. The molecule has 1 spiro atoms. The maximum atomic E-state index is 11.2. The highest BCUT2D eigenvalue weighted by molar-refractivity contribution is 5.64. The molecule has 1 atom stereocenters. The van der Waals surface area contributed by atoms with E-state index in [0.29, 0.717) is 5.82 Å². The van der Waals surface area contributed by atoms with Gasteiger partial charge >= 0.3 is 11.8 Å². The Labute approximate surface area is 109 Å². The van der Waals surface area contributed by atoms with Gasteiger partial charge in [-0.1, -0.05) is 24.4 Å². The summed E-state index contributed by atoms with van der Waals surface area (Å²) in [7, 11) is 0. The van der Waals surface area contributed by atoms with E-state index in [1.54, 1.807) is 0 Å². The Morgan fingerprint density at radius 3 is 2.74 bits per heavy atom. The number of hydrogen-bond donors (Lipinski definition) is 3. The van der Waals surface area contributed by atoms with Crippen LogP contribution in [0.5, 0.6) is 0 Å². The molecule has 2 fully saturated rings. The molecule has 2 saturated carbocycles. The molecule has 3 N–H and O–H groups in total. The monoisotopic (exact) mass is 267 g/mol. The summed E-state index contributed by atoms with van der Waals surface area (Å²) in [6.45, 7) is 0.283. The zero-order valence-electron chi connectivity index (χ0n) is 10.6. The fraction of sp³-hybridized carbons (Fsp3) is 0.750. The standard InChI is InChI=1S/C12H17N3O4/c16-9(17)13-7-12(8-14-10(18)19-15-8)6-11(12)4-2-1-3-5-11/h13H,1-7H2,(H,16,17)(H,14,15,18). The lowest BCUT2D eigenvalue weighted by atomic mass is 9.79. The van der Waals surface area contributed by atoms with E-state index in [0.717, 1.165) is 32.1 Å². The number of hydrogen-bond acceptors (Lipinski definition) is 4. The summed E-state index contributed by atoms with van der Waals surface area (Å²) in [5, 5.41) is 15.1. The minimum absolute atomic E-state index is 0.0769. The van der Waals surface area contributed by atoms with Crippen LogP contribution in [-0.2, 0) is 5.41 Å². The van der Waals surface area contributed by atoms with E-state index in [4.69, 9.17) is 5.11 Å². The van der Waals surface area contributed by atoms with Crippen LogP contribution >= 0.6 is 0 Å². The first-order valence-corrected chi connectivity index (χ1v) is 6.61. The Morgan fingerprint density at radius 1 is 1.42 bits per heavy atom. The number of rotatable bonds is 3. The number of amides is 1. The Bertz CT molecular complexity index is 543.